The minimum Gasteiger partial charge on any atom is -0.269 e. The molecular formula is C6H9F5IS. The number of rotatable bonds is 0. The summed E-state index contributed by atoms with van der Waals surface area (Å²) in [6.07, 6.45) is 0. The zero-order valence-electron chi connectivity index (χ0n) is 6.14. The Morgan fingerprint density at radius 2 is 1.38 bits per heavy atom. The average molecular weight is 335 g/mol. The second kappa shape index (κ2) is 14.3. The Kier molecular flexibility index (Phi) is 32.3. The predicted octanol–water partition coefficient (Wildman–Crippen LogP) is 3.61. The lowest BCUT2D eigenvalue weighted by atomic mass is 10.4. The van der Waals surface area contributed by atoms with Crippen molar-refractivity contribution in [3.05, 3.63) is 27.8 Å². The average Bonchev–Trinajstić information content (AvgIpc) is 1.64. The molecule has 0 spiro atoms. The van der Waals surface area contributed by atoms with Gasteiger partial charge in [-0.3, -0.25) is 23.5 Å². The Hall–Kier alpha value is -0.180. The van der Waals surface area contributed by atoms with Gasteiger partial charge in [0, 0.05) is 8.47 Å². The molecule has 0 amide bonds. The molecule has 1 rings (SSSR count). The topological polar surface area (TPSA) is 0 Å². The van der Waals surface area contributed by atoms with Crippen molar-refractivity contribution < 1.29 is 23.5 Å². The molecule has 0 aliphatic rings. The summed E-state index contributed by atoms with van der Waals surface area (Å²) in [6.45, 7) is 0. The van der Waals surface area contributed by atoms with Crippen molar-refractivity contribution in [3.63, 3.8) is 0 Å². The number of halogens is 6. The van der Waals surface area contributed by atoms with Crippen LogP contribution in [0.5, 0.6) is 0 Å². The van der Waals surface area contributed by atoms with Gasteiger partial charge in [0.15, 0.2) is 0 Å². The van der Waals surface area contributed by atoms with Gasteiger partial charge >= 0.3 is 0 Å². The highest BCUT2D eigenvalue weighted by molar-refractivity contribution is 14.1. The first-order valence-corrected chi connectivity index (χ1v) is 3.70. The maximum atomic E-state index is 4.89. The van der Waals surface area contributed by atoms with Gasteiger partial charge in [-0.25, -0.2) is 0 Å². The van der Waals surface area contributed by atoms with Crippen molar-refractivity contribution in [3.8, 4) is 0 Å². The summed E-state index contributed by atoms with van der Waals surface area (Å²) in [5.41, 5.74) is 0. The van der Waals surface area contributed by atoms with E-state index in [2.05, 4.69) is 22.6 Å². The lowest BCUT2D eigenvalue weighted by Crippen LogP contribution is -1.66. The van der Waals surface area contributed by atoms with Crippen molar-refractivity contribution >= 4 is 35.2 Å². The van der Waals surface area contributed by atoms with Gasteiger partial charge in [-0.1, -0.05) is 18.7 Å². The van der Waals surface area contributed by atoms with Crippen LogP contribution in [0.15, 0.2) is 29.2 Å². The normalized spacial score (nSPS) is 5.62. The highest BCUT2D eigenvalue weighted by atomic mass is 127. The minimum atomic E-state index is 0. The largest absolute Gasteiger partial charge is 0.269 e. The molecule has 0 aliphatic carbocycles. The van der Waals surface area contributed by atoms with Gasteiger partial charge in [-0.2, -0.15) is 0 Å². The highest BCUT2D eigenvalue weighted by Crippen LogP contribution is 2.09. The fraction of sp³-hybridized carbons (Fsp3) is 0. The van der Waals surface area contributed by atoms with Gasteiger partial charge in [0.1, 0.15) is 0 Å². The maximum Gasteiger partial charge on any atom is 0.0387 e. The Morgan fingerprint density at radius 1 is 0.923 bits per heavy atom. The van der Waals surface area contributed by atoms with Crippen LogP contribution in [-0.4, -0.2) is 0 Å². The third kappa shape index (κ3) is 11.8. The predicted molar refractivity (Wildman–Crippen MR) is 57.5 cm³/mol. The molecule has 0 heterocycles. The Bertz CT molecular complexity index is 181. The van der Waals surface area contributed by atoms with E-state index >= 15 is 0 Å². The molecule has 0 fully saturated rings. The summed E-state index contributed by atoms with van der Waals surface area (Å²) in [6, 6.07) is 7.87. The first-order chi connectivity index (χ1) is 3.79. The van der Waals surface area contributed by atoms with Gasteiger partial charge in [-0.05, 0) is 40.8 Å². The molecule has 13 heavy (non-hydrogen) atoms. The van der Waals surface area contributed by atoms with Gasteiger partial charge < -0.3 is 0 Å². The number of benzene rings is 1. The van der Waals surface area contributed by atoms with Crippen LogP contribution in [0.4, 0.5) is 23.5 Å². The van der Waals surface area contributed by atoms with Crippen molar-refractivity contribution in [1.82, 2.24) is 0 Å². The first-order valence-electron chi connectivity index (χ1n) is 2.21. The van der Waals surface area contributed by atoms with Gasteiger partial charge in [0.05, 0.1) is 0 Å². The van der Waals surface area contributed by atoms with E-state index in [4.69, 9.17) is 12.6 Å². The molecule has 81 valence electrons. The van der Waals surface area contributed by atoms with Crippen molar-refractivity contribution in [2.75, 3.05) is 0 Å². The molecule has 7 heteroatoms. The molecule has 0 nitrogen and oxygen atoms in total. The molecule has 0 atom stereocenters. The van der Waals surface area contributed by atoms with E-state index in [1.165, 1.54) is 3.57 Å². The lowest BCUT2D eigenvalue weighted by molar-refractivity contribution is 1.11. The first kappa shape index (κ1) is 29.3. The molecule has 1 aromatic carbocycles. The van der Waals surface area contributed by atoms with Crippen LogP contribution in [0.25, 0.3) is 0 Å². The molecule has 0 aliphatic heterocycles. The molecule has 1 radical (unpaired) electrons. The van der Waals surface area contributed by atoms with Gasteiger partial charge in [0.25, 0.3) is 0 Å². The fourth-order valence-electron chi connectivity index (χ4n) is 0.467. The quantitative estimate of drug-likeness (QED) is 0.502. The van der Waals surface area contributed by atoms with Gasteiger partial charge in [-0.15, -0.1) is 0 Å². The smallest absolute Gasteiger partial charge is 0.0387 e. The highest BCUT2D eigenvalue weighted by Gasteiger charge is 1.84. The molecule has 0 unspecified atom stereocenters. The van der Waals surface area contributed by atoms with Crippen LogP contribution < -0.4 is 0 Å². The van der Waals surface area contributed by atoms with Crippen molar-refractivity contribution in [1.29, 1.82) is 0 Å². The van der Waals surface area contributed by atoms with Crippen molar-refractivity contribution in [2.24, 2.45) is 0 Å². The molecular weight excluding hydrogens is 326 g/mol. The Labute approximate surface area is 91.5 Å². The van der Waals surface area contributed by atoms with E-state index < -0.39 is 0 Å². The minimum absolute atomic E-state index is 0. The summed E-state index contributed by atoms with van der Waals surface area (Å²) in [7, 11) is 0. The maximum absolute atomic E-state index is 4.89. The SMILES string of the molecule is F.F.F.F.F.[S]c1cccc(I)c1. The molecule has 0 saturated carbocycles. The summed E-state index contributed by atoms with van der Waals surface area (Å²) in [4.78, 5) is 0.914. The van der Waals surface area contributed by atoms with Crippen molar-refractivity contribution in [2.45, 2.75) is 4.90 Å². The third-order valence-corrected chi connectivity index (χ3v) is 1.72. The molecule has 0 N–H and O–H groups in total. The standard InChI is InChI=1S/C6H4IS.5FH/c7-5-2-1-3-6(8)4-5;;;;;/h1-4H;5*1H. The van der Waals surface area contributed by atoms with E-state index in [-0.39, 0.29) is 23.5 Å². The zero-order chi connectivity index (χ0) is 5.98. The van der Waals surface area contributed by atoms with Crippen LogP contribution in [-0.2, 0) is 0 Å². The van der Waals surface area contributed by atoms with E-state index in [9.17, 15) is 0 Å². The van der Waals surface area contributed by atoms with Crippen LogP contribution in [0, 0.1) is 3.57 Å². The second-order valence-electron chi connectivity index (χ2n) is 1.46. The lowest BCUT2D eigenvalue weighted by Gasteiger charge is -1.87. The Morgan fingerprint density at radius 3 is 1.62 bits per heavy atom. The van der Waals surface area contributed by atoms with E-state index in [0.29, 0.717) is 0 Å². The van der Waals surface area contributed by atoms with Crippen LogP contribution in [0.2, 0.25) is 0 Å². The zero-order valence-corrected chi connectivity index (χ0v) is 9.11. The third-order valence-electron chi connectivity index (χ3n) is 0.796. The molecule has 0 bridgehead atoms. The summed E-state index contributed by atoms with van der Waals surface area (Å²) in [5, 5.41) is 0. The summed E-state index contributed by atoms with van der Waals surface area (Å²) >= 11 is 7.13. The van der Waals surface area contributed by atoms with Gasteiger partial charge in [0.2, 0.25) is 0 Å². The molecule has 1 aromatic rings. The number of hydrogen-bond donors (Lipinski definition) is 0. The summed E-state index contributed by atoms with van der Waals surface area (Å²) in [5.74, 6) is 0. The monoisotopic (exact) mass is 335 g/mol. The molecule has 0 saturated heterocycles. The number of hydrogen-bond acceptors (Lipinski definition) is 0. The van der Waals surface area contributed by atoms with E-state index in [0.717, 1.165) is 4.90 Å². The van der Waals surface area contributed by atoms with Crippen LogP contribution in [0.3, 0.4) is 0 Å². The second-order valence-corrected chi connectivity index (χ2v) is 3.17. The van der Waals surface area contributed by atoms with Crippen LogP contribution in [0.1, 0.15) is 0 Å². The van der Waals surface area contributed by atoms with Crippen LogP contribution >= 0.6 is 35.2 Å². The van der Waals surface area contributed by atoms with E-state index in [1.807, 2.05) is 24.3 Å². The fourth-order valence-corrected chi connectivity index (χ4v) is 1.43. The van der Waals surface area contributed by atoms with E-state index in [1.54, 1.807) is 0 Å². The molecule has 0 aromatic heterocycles. The summed E-state index contributed by atoms with van der Waals surface area (Å²) < 4.78 is 1.20. The Balaban J connectivity index is -0.0000000427.